The van der Waals surface area contributed by atoms with Crippen molar-refractivity contribution in [2.75, 3.05) is 6.54 Å². The first-order chi connectivity index (χ1) is 18.6. The molecule has 0 saturated heterocycles. The van der Waals surface area contributed by atoms with Crippen LogP contribution in [-0.4, -0.2) is 43.0 Å². The number of carbonyl (C=O) groups excluding carboxylic acids is 1. The zero-order valence-electron chi connectivity index (χ0n) is 21.4. The van der Waals surface area contributed by atoms with E-state index >= 15 is 0 Å². The van der Waals surface area contributed by atoms with Gasteiger partial charge in [0, 0.05) is 25.6 Å². The zero-order valence-corrected chi connectivity index (χ0v) is 21.4. The summed E-state index contributed by atoms with van der Waals surface area (Å²) in [6, 6.07) is 7.62. The number of hydrogen-bond acceptors (Lipinski definition) is 8. The van der Waals surface area contributed by atoms with Gasteiger partial charge in [0.1, 0.15) is 29.6 Å². The highest BCUT2D eigenvalue weighted by atomic mass is 16.5. The fourth-order valence-electron chi connectivity index (χ4n) is 5.31. The number of nitrogens with one attached hydrogen (secondary N) is 1. The second-order valence-electron chi connectivity index (χ2n) is 9.96. The van der Waals surface area contributed by atoms with E-state index in [1.165, 1.54) is 25.7 Å². The van der Waals surface area contributed by atoms with E-state index < -0.39 is 0 Å². The van der Waals surface area contributed by atoms with Gasteiger partial charge in [0.05, 0.1) is 11.8 Å². The summed E-state index contributed by atoms with van der Waals surface area (Å²) < 4.78 is 17.5. The summed E-state index contributed by atoms with van der Waals surface area (Å²) >= 11 is 0. The van der Waals surface area contributed by atoms with E-state index in [4.69, 9.17) is 18.6 Å². The molecule has 0 radical (unpaired) electrons. The van der Waals surface area contributed by atoms with Crippen LogP contribution in [0.5, 0.6) is 5.75 Å². The molecule has 1 N–H and O–H groups in total. The average molecular weight is 515 g/mol. The predicted octanol–water partition coefficient (Wildman–Crippen LogP) is 4.67. The SMILES string of the molecule is Cc1oc(CC2CCCC2)nc1COc1cc2c(cc1-c1nn[nH]n1)CCN(C(=O)/C=C/c1ccco1)C2. The minimum Gasteiger partial charge on any atom is -0.486 e. The molecular weight excluding hydrogens is 484 g/mol. The molecule has 4 aromatic rings. The Morgan fingerprint density at radius 3 is 2.95 bits per heavy atom. The molecule has 1 aromatic carbocycles. The molecule has 3 aromatic heterocycles. The molecule has 38 heavy (non-hydrogen) atoms. The van der Waals surface area contributed by atoms with Crippen molar-refractivity contribution in [1.82, 2.24) is 30.5 Å². The summed E-state index contributed by atoms with van der Waals surface area (Å²) in [6.45, 7) is 3.28. The molecule has 0 spiro atoms. The maximum atomic E-state index is 12.8. The standard InChI is InChI=1S/C28H30N6O4/c1-18-24(29-26(38-18)13-19-5-2-3-6-19)17-37-25-15-21-16-34(27(35)9-8-22-7-4-12-36-22)11-10-20(21)14-23(25)28-30-32-33-31-28/h4,7-9,12,14-15,19H,2-3,5-6,10-11,13,16-17H2,1H3,(H,30,31,32,33)/b9-8+. The van der Waals surface area contributed by atoms with Crippen LogP contribution >= 0.6 is 0 Å². The molecule has 6 rings (SSSR count). The number of aromatic amines is 1. The van der Waals surface area contributed by atoms with Gasteiger partial charge in [0.15, 0.2) is 5.89 Å². The highest BCUT2D eigenvalue weighted by Gasteiger charge is 2.24. The molecule has 4 heterocycles. The van der Waals surface area contributed by atoms with Crippen LogP contribution in [0.1, 0.15) is 59.9 Å². The first-order valence-electron chi connectivity index (χ1n) is 13.1. The number of tetrazole rings is 1. The molecular formula is C28H30N6O4. The summed E-state index contributed by atoms with van der Waals surface area (Å²) in [6.07, 6.45) is 11.5. The lowest BCUT2D eigenvalue weighted by Crippen LogP contribution is -2.34. The van der Waals surface area contributed by atoms with Crippen LogP contribution in [0.2, 0.25) is 0 Å². The number of fused-ring (bicyclic) bond motifs is 1. The van der Waals surface area contributed by atoms with Crippen molar-refractivity contribution in [3.8, 4) is 17.1 Å². The topological polar surface area (TPSA) is 123 Å². The third-order valence-corrected chi connectivity index (χ3v) is 7.38. The van der Waals surface area contributed by atoms with E-state index in [1.807, 2.05) is 30.0 Å². The van der Waals surface area contributed by atoms with Crippen molar-refractivity contribution < 1.29 is 18.4 Å². The number of amides is 1. The molecule has 0 atom stereocenters. The number of ether oxygens (including phenoxy) is 1. The lowest BCUT2D eigenvalue weighted by Gasteiger charge is -2.29. The minimum absolute atomic E-state index is 0.0650. The minimum atomic E-state index is -0.0650. The van der Waals surface area contributed by atoms with Gasteiger partial charge in [-0.1, -0.05) is 12.8 Å². The van der Waals surface area contributed by atoms with Crippen LogP contribution in [0, 0.1) is 12.8 Å². The second kappa shape index (κ2) is 10.6. The third kappa shape index (κ3) is 5.25. The zero-order chi connectivity index (χ0) is 25.9. The van der Waals surface area contributed by atoms with Crippen molar-refractivity contribution in [3.63, 3.8) is 0 Å². The molecule has 1 amide bonds. The number of aryl methyl sites for hydroxylation is 1. The molecule has 0 unspecified atom stereocenters. The van der Waals surface area contributed by atoms with Crippen LogP contribution < -0.4 is 4.74 Å². The van der Waals surface area contributed by atoms with E-state index in [-0.39, 0.29) is 12.5 Å². The van der Waals surface area contributed by atoms with Gasteiger partial charge >= 0.3 is 0 Å². The average Bonchev–Trinajstić information content (AvgIpc) is 3.75. The number of carbonyl (C=O) groups is 1. The molecule has 10 nitrogen and oxygen atoms in total. The van der Waals surface area contributed by atoms with Crippen LogP contribution in [0.15, 0.2) is 45.4 Å². The van der Waals surface area contributed by atoms with E-state index in [1.54, 1.807) is 24.5 Å². The van der Waals surface area contributed by atoms with Gasteiger partial charge < -0.3 is 18.5 Å². The van der Waals surface area contributed by atoms with Gasteiger partial charge in [-0.2, -0.15) is 5.21 Å². The Kier molecular flexibility index (Phi) is 6.76. The molecule has 10 heteroatoms. The Bertz CT molecular complexity index is 1420. The van der Waals surface area contributed by atoms with E-state index in [2.05, 4.69) is 20.6 Å². The highest BCUT2D eigenvalue weighted by molar-refractivity contribution is 5.91. The Morgan fingerprint density at radius 2 is 2.16 bits per heavy atom. The fourth-order valence-corrected chi connectivity index (χ4v) is 5.31. The van der Waals surface area contributed by atoms with E-state index in [9.17, 15) is 4.79 Å². The molecule has 1 aliphatic carbocycles. The van der Waals surface area contributed by atoms with Crippen molar-refractivity contribution in [1.29, 1.82) is 0 Å². The normalized spacial score (nSPS) is 15.9. The maximum Gasteiger partial charge on any atom is 0.246 e. The number of H-pyrrole nitrogens is 1. The van der Waals surface area contributed by atoms with E-state index in [0.717, 1.165) is 40.5 Å². The molecule has 1 saturated carbocycles. The summed E-state index contributed by atoms with van der Waals surface area (Å²) in [7, 11) is 0. The van der Waals surface area contributed by atoms with Crippen molar-refractivity contribution in [2.24, 2.45) is 5.92 Å². The van der Waals surface area contributed by atoms with Crippen molar-refractivity contribution in [2.45, 2.75) is 58.6 Å². The molecule has 196 valence electrons. The first kappa shape index (κ1) is 24.1. The van der Waals surface area contributed by atoms with Gasteiger partial charge in [-0.25, -0.2) is 4.98 Å². The van der Waals surface area contributed by atoms with Crippen molar-refractivity contribution >= 4 is 12.0 Å². The molecule has 2 aliphatic rings. The molecule has 1 fully saturated rings. The van der Waals surface area contributed by atoms with Gasteiger partial charge in [0.25, 0.3) is 0 Å². The first-order valence-corrected chi connectivity index (χ1v) is 13.1. The molecule has 0 bridgehead atoms. The van der Waals surface area contributed by atoms with Crippen LogP contribution in [0.25, 0.3) is 17.5 Å². The number of rotatable bonds is 8. The largest absolute Gasteiger partial charge is 0.486 e. The quantitative estimate of drug-likeness (QED) is 0.337. The van der Waals surface area contributed by atoms with Gasteiger partial charge in [0.2, 0.25) is 11.7 Å². The Morgan fingerprint density at radius 1 is 1.26 bits per heavy atom. The number of nitrogens with zero attached hydrogens (tertiary/aromatic N) is 5. The monoisotopic (exact) mass is 514 g/mol. The van der Waals surface area contributed by atoms with Crippen LogP contribution in [0.4, 0.5) is 0 Å². The summed E-state index contributed by atoms with van der Waals surface area (Å²) in [5.41, 5.74) is 3.70. The lowest BCUT2D eigenvalue weighted by atomic mass is 9.96. The fraction of sp³-hybridized carbons (Fsp3) is 0.393. The number of benzene rings is 1. The number of aromatic nitrogens is 5. The Labute approximate surface area is 220 Å². The summed E-state index contributed by atoms with van der Waals surface area (Å²) in [5.74, 6) is 3.87. The van der Waals surface area contributed by atoms with Crippen LogP contribution in [0.3, 0.4) is 0 Å². The van der Waals surface area contributed by atoms with E-state index in [0.29, 0.717) is 42.8 Å². The Hall–Kier alpha value is -4.21. The second-order valence-corrected chi connectivity index (χ2v) is 9.96. The molecule has 1 aliphatic heterocycles. The number of hydrogen-bond donors (Lipinski definition) is 1. The lowest BCUT2D eigenvalue weighted by molar-refractivity contribution is -0.126. The number of furan rings is 1. The van der Waals surface area contributed by atoms with Gasteiger partial charge in [-0.15, -0.1) is 10.2 Å². The van der Waals surface area contributed by atoms with Gasteiger partial charge in [-0.05, 0) is 78.8 Å². The Balaban J connectivity index is 1.21. The maximum absolute atomic E-state index is 12.8. The highest BCUT2D eigenvalue weighted by Crippen LogP contribution is 2.34. The smallest absolute Gasteiger partial charge is 0.246 e. The van der Waals surface area contributed by atoms with Crippen LogP contribution in [-0.2, 0) is 30.8 Å². The summed E-state index contributed by atoms with van der Waals surface area (Å²) in [4.78, 5) is 19.4. The predicted molar refractivity (Wildman–Crippen MR) is 138 cm³/mol. The number of oxazole rings is 1. The third-order valence-electron chi connectivity index (χ3n) is 7.38. The van der Waals surface area contributed by atoms with Gasteiger partial charge in [-0.3, -0.25) is 4.79 Å². The van der Waals surface area contributed by atoms with Crippen molar-refractivity contribution in [3.05, 3.63) is 70.8 Å². The summed E-state index contributed by atoms with van der Waals surface area (Å²) in [5, 5.41) is 14.6.